The van der Waals surface area contributed by atoms with E-state index in [0.717, 1.165) is 32.7 Å². The highest BCUT2D eigenvalue weighted by atomic mass is 32.1. The molecule has 0 aliphatic carbocycles. The van der Waals surface area contributed by atoms with Crippen LogP contribution in [0.5, 0.6) is 0 Å². The van der Waals surface area contributed by atoms with Crippen LogP contribution in [0, 0.1) is 0 Å². The molecule has 3 nitrogen and oxygen atoms in total. The van der Waals surface area contributed by atoms with Crippen LogP contribution in [0.2, 0.25) is 0 Å². The van der Waals surface area contributed by atoms with Gasteiger partial charge in [0.1, 0.15) is 5.01 Å². The van der Waals surface area contributed by atoms with E-state index < -0.39 is 0 Å². The van der Waals surface area contributed by atoms with Crippen molar-refractivity contribution in [3.8, 4) is 0 Å². The summed E-state index contributed by atoms with van der Waals surface area (Å²) in [6.45, 7) is 5.56. The van der Waals surface area contributed by atoms with Crippen LogP contribution in [0.15, 0.2) is 11.6 Å². The summed E-state index contributed by atoms with van der Waals surface area (Å²) in [5.41, 5.74) is 0. The minimum absolute atomic E-state index is 1.03. The molecule has 0 atom stereocenters. The fourth-order valence-corrected chi connectivity index (χ4v) is 2.05. The van der Waals surface area contributed by atoms with Gasteiger partial charge in [0.15, 0.2) is 0 Å². The predicted octanol–water partition coefficient (Wildman–Crippen LogP) is 0.548. The van der Waals surface area contributed by atoms with Gasteiger partial charge in [0.05, 0.1) is 6.54 Å². The molecule has 4 heteroatoms. The smallest absolute Gasteiger partial charge is 0.107 e. The monoisotopic (exact) mass is 183 g/mol. The van der Waals surface area contributed by atoms with Crippen molar-refractivity contribution < 1.29 is 0 Å². The first-order valence-corrected chi connectivity index (χ1v) is 5.14. The lowest BCUT2D eigenvalue weighted by atomic mass is 10.4. The largest absolute Gasteiger partial charge is 0.314 e. The molecule has 0 spiro atoms. The first kappa shape index (κ1) is 8.16. The molecule has 66 valence electrons. The van der Waals surface area contributed by atoms with Crippen LogP contribution in [-0.2, 0) is 6.54 Å². The van der Waals surface area contributed by atoms with Gasteiger partial charge in [0.25, 0.3) is 0 Å². The second kappa shape index (κ2) is 3.98. The molecule has 1 aromatic rings. The number of hydrogen-bond acceptors (Lipinski definition) is 4. The van der Waals surface area contributed by atoms with Gasteiger partial charge in [-0.15, -0.1) is 11.3 Å². The van der Waals surface area contributed by atoms with E-state index in [1.54, 1.807) is 11.3 Å². The van der Waals surface area contributed by atoms with Crippen molar-refractivity contribution in [2.75, 3.05) is 26.2 Å². The maximum Gasteiger partial charge on any atom is 0.107 e. The molecular weight excluding hydrogens is 170 g/mol. The molecule has 0 amide bonds. The second-order valence-corrected chi connectivity index (χ2v) is 3.93. The molecule has 1 aromatic heterocycles. The van der Waals surface area contributed by atoms with Gasteiger partial charge in [-0.2, -0.15) is 0 Å². The molecule has 0 radical (unpaired) electrons. The van der Waals surface area contributed by atoms with E-state index in [1.807, 2.05) is 11.6 Å². The third-order valence-electron chi connectivity index (χ3n) is 2.05. The Balaban J connectivity index is 1.86. The van der Waals surface area contributed by atoms with Crippen molar-refractivity contribution in [3.63, 3.8) is 0 Å². The Morgan fingerprint density at radius 2 is 2.33 bits per heavy atom. The third kappa shape index (κ3) is 2.03. The lowest BCUT2D eigenvalue weighted by Crippen LogP contribution is -2.42. The number of hydrogen-bond donors (Lipinski definition) is 1. The van der Waals surface area contributed by atoms with Crippen molar-refractivity contribution in [1.82, 2.24) is 15.2 Å². The lowest BCUT2D eigenvalue weighted by Gasteiger charge is -2.25. The number of nitrogens with one attached hydrogen (secondary N) is 1. The summed E-state index contributed by atoms with van der Waals surface area (Å²) < 4.78 is 0. The van der Waals surface area contributed by atoms with Crippen LogP contribution < -0.4 is 5.32 Å². The zero-order valence-electron chi connectivity index (χ0n) is 6.99. The van der Waals surface area contributed by atoms with E-state index >= 15 is 0 Å². The van der Waals surface area contributed by atoms with Gasteiger partial charge in [0, 0.05) is 37.8 Å². The fraction of sp³-hybridized carbons (Fsp3) is 0.625. The zero-order valence-corrected chi connectivity index (χ0v) is 7.81. The third-order valence-corrected chi connectivity index (χ3v) is 2.82. The van der Waals surface area contributed by atoms with Gasteiger partial charge in [-0.25, -0.2) is 4.98 Å². The highest BCUT2D eigenvalue weighted by Gasteiger charge is 2.10. The van der Waals surface area contributed by atoms with Crippen molar-refractivity contribution in [1.29, 1.82) is 0 Å². The van der Waals surface area contributed by atoms with Gasteiger partial charge in [0.2, 0.25) is 0 Å². The molecule has 1 fully saturated rings. The molecule has 12 heavy (non-hydrogen) atoms. The first-order valence-electron chi connectivity index (χ1n) is 4.26. The van der Waals surface area contributed by atoms with Gasteiger partial charge >= 0.3 is 0 Å². The molecule has 2 rings (SSSR count). The molecule has 2 heterocycles. The average molecular weight is 183 g/mol. The average Bonchev–Trinajstić information content (AvgIpc) is 2.59. The van der Waals surface area contributed by atoms with Crippen LogP contribution in [-0.4, -0.2) is 36.1 Å². The van der Waals surface area contributed by atoms with Gasteiger partial charge in [-0.3, -0.25) is 4.90 Å². The van der Waals surface area contributed by atoms with E-state index in [2.05, 4.69) is 15.2 Å². The highest BCUT2D eigenvalue weighted by Crippen LogP contribution is 2.07. The van der Waals surface area contributed by atoms with Crippen molar-refractivity contribution in [2.24, 2.45) is 0 Å². The van der Waals surface area contributed by atoms with Gasteiger partial charge in [-0.1, -0.05) is 0 Å². The number of piperazine rings is 1. The van der Waals surface area contributed by atoms with E-state index in [4.69, 9.17) is 0 Å². The molecule has 1 saturated heterocycles. The number of nitrogens with zero attached hydrogens (tertiary/aromatic N) is 2. The Hall–Kier alpha value is -0.450. The normalized spacial score (nSPS) is 19.7. The Labute approximate surface area is 76.4 Å². The quantitative estimate of drug-likeness (QED) is 0.725. The maximum absolute atomic E-state index is 4.27. The standard InChI is InChI=1S/C8H13N3S/c1-4-11(5-2-9-1)7-8-10-3-6-12-8/h3,6,9H,1-2,4-5,7H2. The van der Waals surface area contributed by atoms with Crippen molar-refractivity contribution >= 4 is 11.3 Å². The lowest BCUT2D eigenvalue weighted by molar-refractivity contribution is 0.233. The fourth-order valence-electron chi connectivity index (χ4n) is 1.39. The minimum atomic E-state index is 1.03. The summed E-state index contributed by atoms with van der Waals surface area (Å²) in [5, 5.41) is 6.61. The molecule has 0 unspecified atom stereocenters. The number of rotatable bonds is 2. The summed E-state index contributed by atoms with van der Waals surface area (Å²) in [7, 11) is 0. The summed E-state index contributed by atoms with van der Waals surface area (Å²) in [5.74, 6) is 0. The van der Waals surface area contributed by atoms with Crippen molar-refractivity contribution in [3.05, 3.63) is 16.6 Å². The van der Waals surface area contributed by atoms with Crippen LogP contribution in [0.3, 0.4) is 0 Å². The SMILES string of the molecule is c1csc(CN2CCNCC2)n1. The highest BCUT2D eigenvalue weighted by molar-refractivity contribution is 7.09. The van der Waals surface area contributed by atoms with E-state index in [1.165, 1.54) is 5.01 Å². The van der Waals surface area contributed by atoms with Gasteiger partial charge < -0.3 is 5.32 Å². The van der Waals surface area contributed by atoms with Crippen molar-refractivity contribution in [2.45, 2.75) is 6.54 Å². The van der Waals surface area contributed by atoms with E-state index in [9.17, 15) is 0 Å². The van der Waals surface area contributed by atoms with Crippen LogP contribution in [0.1, 0.15) is 5.01 Å². The second-order valence-electron chi connectivity index (χ2n) is 2.95. The number of aromatic nitrogens is 1. The van der Waals surface area contributed by atoms with Crippen LogP contribution >= 0.6 is 11.3 Å². The Bertz CT molecular complexity index is 216. The molecule has 1 aliphatic heterocycles. The Morgan fingerprint density at radius 3 is 3.00 bits per heavy atom. The zero-order chi connectivity index (χ0) is 8.23. The summed E-state index contributed by atoms with van der Waals surface area (Å²) in [4.78, 5) is 6.71. The van der Waals surface area contributed by atoms with Crippen LogP contribution in [0.4, 0.5) is 0 Å². The summed E-state index contributed by atoms with van der Waals surface area (Å²) in [6, 6.07) is 0. The Kier molecular flexibility index (Phi) is 2.71. The van der Waals surface area contributed by atoms with Crippen LogP contribution in [0.25, 0.3) is 0 Å². The topological polar surface area (TPSA) is 28.2 Å². The van der Waals surface area contributed by atoms with Gasteiger partial charge in [-0.05, 0) is 0 Å². The van der Waals surface area contributed by atoms with E-state index in [-0.39, 0.29) is 0 Å². The molecule has 1 aliphatic rings. The molecular formula is C8H13N3S. The number of thiazole rings is 1. The minimum Gasteiger partial charge on any atom is -0.314 e. The molecule has 1 N–H and O–H groups in total. The van der Waals surface area contributed by atoms with E-state index in [0.29, 0.717) is 0 Å². The molecule has 0 saturated carbocycles. The molecule has 0 bridgehead atoms. The summed E-state index contributed by atoms with van der Waals surface area (Å²) in [6.07, 6.45) is 1.88. The maximum atomic E-state index is 4.27. The predicted molar refractivity (Wildman–Crippen MR) is 50.3 cm³/mol. The first-order chi connectivity index (χ1) is 5.95. The summed E-state index contributed by atoms with van der Waals surface area (Å²) >= 11 is 1.74. The Morgan fingerprint density at radius 1 is 1.50 bits per heavy atom. The molecule has 0 aromatic carbocycles.